The van der Waals surface area contributed by atoms with Crippen LogP contribution in [0.25, 0.3) is 0 Å². The van der Waals surface area contributed by atoms with E-state index in [2.05, 4.69) is 52.9 Å². The number of hydrogen-bond donors (Lipinski definition) is 0. The highest BCUT2D eigenvalue weighted by atomic mass is 15.3. The van der Waals surface area contributed by atoms with E-state index in [9.17, 15) is 0 Å². The van der Waals surface area contributed by atoms with Crippen LogP contribution in [0.4, 0.5) is 17.5 Å². The van der Waals surface area contributed by atoms with Crippen LogP contribution < -0.4 is 9.80 Å². The lowest BCUT2D eigenvalue weighted by molar-refractivity contribution is 0.573. The fourth-order valence-corrected chi connectivity index (χ4v) is 3.00. The van der Waals surface area contributed by atoms with Crippen LogP contribution >= 0.6 is 0 Å². The van der Waals surface area contributed by atoms with Crippen molar-refractivity contribution in [3.63, 3.8) is 0 Å². The maximum absolute atomic E-state index is 4.81. The smallest absolute Gasteiger partial charge is 0.231 e. The largest absolute Gasteiger partial charge is 0.356 e. The lowest BCUT2D eigenvalue weighted by atomic mass is 10.1. The highest BCUT2D eigenvalue weighted by Crippen LogP contribution is 2.25. The minimum Gasteiger partial charge on any atom is -0.356 e. The minimum atomic E-state index is 0.788. The average Bonchev–Trinajstić information content (AvgIpc) is 2.57. The van der Waals surface area contributed by atoms with Crippen molar-refractivity contribution in [1.29, 1.82) is 0 Å². The molecule has 2 heterocycles. The molecular weight excluding hydrogens is 272 g/mol. The Morgan fingerprint density at radius 2 is 1.95 bits per heavy atom. The van der Waals surface area contributed by atoms with Crippen LogP contribution in [0, 0.1) is 6.92 Å². The van der Waals surface area contributed by atoms with Gasteiger partial charge in [0.1, 0.15) is 5.82 Å². The summed E-state index contributed by atoms with van der Waals surface area (Å²) in [4.78, 5) is 13.9. The normalized spacial score (nSPS) is 14.9. The van der Waals surface area contributed by atoms with Gasteiger partial charge in [-0.25, -0.2) is 4.98 Å². The number of nitrogens with zero attached hydrogens (tertiary/aromatic N) is 4. The Morgan fingerprint density at radius 1 is 1.14 bits per heavy atom. The Kier molecular flexibility index (Phi) is 4.56. The molecule has 4 nitrogen and oxygen atoms in total. The predicted molar refractivity (Wildman–Crippen MR) is 92.0 cm³/mol. The Hall–Kier alpha value is -2.10. The second-order valence-corrected chi connectivity index (χ2v) is 5.85. The molecule has 1 saturated heterocycles. The van der Waals surface area contributed by atoms with Gasteiger partial charge in [0.25, 0.3) is 0 Å². The van der Waals surface area contributed by atoms with E-state index in [1.165, 1.54) is 24.8 Å². The van der Waals surface area contributed by atoms with Crippen molar-refractivity contribution >= 4 is 17.5 Å². The number of aromatic nitrogens is 2. The van der Waals surface area contributed by atoms with Crippen molar-refractivity contribution in [3.8, 4) is 0 Å². The average molecular weight is 296 g/mol. The molecule has 116 valence electrons. The van der Waals surface area contributed by atoms with Crippen molar-refractivity contribution in [3.05, 3.63) is 42.1 Å². The molecule has 0 atom stereocenters. The number of piperidine rings is 1. The number of aryl methyl sites for hydroxylation is 1. The van der Waals surface area contributed by atoms with Gasteiger partial charge in [-0.05, 0) is 56.9 Å². The van der Waals surface area contributed by atoms with Gasteiger partial charge in [0, 0.05) is 31.5 Å². The van der Waals surface area contributed by atoms with Gasteiger partial charge in [0.15, 0.2) is 0 Å². The van der Waals surface area contributed by atoms with Gasteiger partial charge in [0.2, 0.25) is 5.95 Å². The Labute approximate surface area is 132 Å². The molecule has 0 aliphatic carbocycles. The summed E-state index contributed by atoms with van der Waals surface area (Å²) >= 11 is 0. The fourth-order valence-electron chi connectivity index (χ4n) is 3.00. The third-order valence-corrected chi connectivity index (χ3v) is 4.18. The first-order valence-electron chi connectivity index (χ1n) is 8.20. The molecule has 1 aromatic heterocycles. The van der Waals surface area contributed by atoms with E-state index in [1.807, 2.05) is 12.3 Å². The van der Waals surface area contributed by atoms with Gasteiger partial charge < -0.3 is 9.80 Å². The second-order valence-electron chi connectivity index (χ2n) is 5.85. The maximum Gasteiger partial charge on any atom is 0.231 e. The number of benzene rings is 1. The molecule has 1 aliphatic heterocycles. The van der Waals surface area contributed by atoms with Gasteiger partial charge in [0.05, 0.1) is 0 Å². The SMILES string of the molecule is CCN(c1cccc(C)c1)c1nccc(N2CCCCC2)n1. The molecule has 0 saturated carbocycles. The molecule has 1 aromatic carbocycles. The first-order chi connectivity index (χ1) is 10.8. The molecule has 0 unspecified atom stereocenters. The minimum absolute atomic E-state index is 0.788. The number of anilines is 3. The molecule has 4 heteroatoms. The van der Waals surface area contributed by atoms with Crippen LogP contribution in [-0.4, -0.2) is 29.6 Å². The summed E-state index contributed by atoms with van der Waals surface area (Å²) in [5, 5.41) is 0. The molecule has 3 rings (SSSR count). The monoisotopic (exact) mass is 296 g/mol. The van der Waals surface area contributed by atoms with Crippen molar-refractivity contribution in [2.75, 3.05) is 29.4 Å². The Bertz CT molecular complexity index is 620. The van der Waals surface area contributed by atoms with Crippen molar-refractivity contribution < 1.29 is 0 Å². The Morgan fingerprint density at radius 3 is 2.68 bits per heavy atom. The van der Waals surface area contributed by atoms with Gasteiger partial charge in [-0.2, -0.15) is 4.98 Å². The Balaban J connectivity index is 1.89. The fraction of sp³-hybridized carbons (Fsp3) is 0.444. The van der Waals surface area contributed by atoms with E-state index >= 15 is 0 Å². The van der Waals surface area contributed by atoms with E-state index in [4.69, 9.17) is 4.98 Å². The zero-order chi connectivity index (χ0) is 15.4. The standard InChI is InChI=1S/C18H24N4/c1-3-22(16-9-7-8-15(2)14-16)18-19-11-10-17(20-18)21-12-5-4-6-13-21/h7-11,14H,3-6,12-13H2,1-2H3. The van der Waals surface area contributed by atoms with E-state index in [-0.39, 0.29) is 0 Å². The second kappa shape index (κ2) is 6.77. The molecule has 0 bridgehead atoms. The lowest BCUT2D eigenvalue weighted by Gasteiger charge is -2.29. The molecule has 1 aliphatic rings. The van der Waals surface area contributed by atoms with Crippen molar-refractivity contribution in [2.24, 2.45) is 0 Å². The maximum atomic E-state index is 4.81. The number of hydrogen-bond acceptors (Lipinski definition) is 4. The third kappa shape index (κ3) is 3.21. The zero-order valence-electron chi connectivity index (χ0n) is 13.5. The summed E-state index contributed by atoms with van der Waals surface area (Å²) in [7, 11) is 0. The number of rotatable bonds is 4. The molecule has 2 aromatic rings. The van der Waals surface area contributed by atoms with Crippen LogP contribution in [0.1, 0.15) is 31.7 Å². The summed E-state index contributed by atoms with van der Waals surface area (Å²) in [6, 6.07) is 10.5. The van der Waals surface area contributed by atoms with Crippen LogP contribution in [0.15, 0.2) is 36.5 Å². The third-order valence-electron chi connectivity index (χ3n) is 4.18. The lowest BCUT2D eigenvalue weighted by Crippen LogP contribution is -2.30. The molecule has 0 radical (unpaired) electrons. The highest BCUT2D eigenvalue weighted by molar-refractivity contribution is 5.59. The van der Waals surface area contributed by atoms with Crippen LogP contribution in [0.5, 0.6) is 0 Å². The van der Waals surface area contributed by atoms with E-state index in [0.717, 1.165) is 37.1 Å². The van der Waals surface area contributed by atoms with Crippen LogP contribution in [0.3, 0.4) is 0 Å². The van der Waals surface area contributed by atoms with Gasteiger partial charge in [-0.3, -0.25) is 0 Å². The molecule has 0 N–H and O–H groups in total. The zero-order valence-corrected chi connectivity index (χ0v) is 13.5. The summed E-state index contributed by atoms with van der Waals surface area (Å²) < 4.78 is 0. The van der Waals surface area contributed by atoms with Crippen LogP contribution in [-0.2, 0) is 0 Å². The van der Waals surface area contributed by atoms with Gasteiger partial charge in [-0.15, -0.1) is 0 Å². The molecule has 22 heavy (non-hydrogen) atoms. The van der Waals surface area contributed by atoms with Gasteiger partial charge in [-0.1, -0.05) is 12.1 Å². The predicted octanol–water partition coefficient (Wildman–Crippen LogP) is 3.93. The summed E-state index contributed by atoms with van der Waals surface area (Å²) in [6.07, 6.45) is 5.73. The van der Waals surface area contributed by atoms with Gasteiger partial charge >= 0.3 is 0 Å². The van der Waals surface area contributed by atoms with E-state index in [1.54, 1.807) is 0 Å². The van der Waals surface area contributed by atoms with E-state index in [0.29, 0.717) is 0 Å². The van der Waals surface area contributed by atoms with E-state index < -0.39 is 0 Å². The van der Waals surface area contributed by atoms with Crippen molar-refractivity contribution in [1.82, 2.24) is 9.97 Å². The highest BCUT2D eigenvalue weighted by Gasteiger charge is 2.15. The molecule has 0 amide bonds. The van der Waals surface area contributed by atoms with Crippen LogP contribution in [0.2, 0.25) is 0 Å². The quantitative estimate of drug-likeness (QED) is 0.855. The van der Waals surface area contributed by atoms with Crippen molar-refractivity contribution in [2.45, 2.75) is 33.1 Å². The summed E-state index contributed by atoms with van der Waals surface area (Å²) in [6.45, 7) is 7.31. The first kappa shape index (κ1) is 14.8. The molecule has 1 fully saturated rings. The first-order valence-corrected chi connectivity index (χ1v) is 8.20. The summed E-state index contributed by atoms with van der Waals surface area (Å²) in [5.74, 6) is 1.84. The molecule has 0 spiro atoms. The molecular formula is C18H24N4. The topological polar surface area (TPSA) is 32.3 Å². The summed E-state index contributed by atoms with van der Waals surface area (Å²) in [5.41, 5.74) is 2.40.